The summed E-state index contributed by atoms with van der Waals surface area (Å²) in [4.78, 5) is 31.5. The molecule has 0 aliphatic carbocycles. The number of benzene rings is 2. The van der Waals surface area contributed by atoms with E-state index in [1.54, 1.807) is 0 Å². The van der Waals surface area contributed by atoms with Crippen molar-refractivity contribution in [3.8, 4) is 0 Å². The Morgan fingerprint density at radius 2 is 1.97 bits per heavy atom. The molecule has 2 aromatic carbocycles. The van der Waals surface area contributed by atoms with E-state index in [1.807, 2.05) is 61.0 Å². The van der Waals surface area contributed by atoms with Gasteiger partial charge in [-0.05, 0) is 74.5 Å². The molecule has 9 heteroatoms. The van der Waals surface area contributed by atoms with E-state index in [-0.39, 0.29) is 23.4 Å². The molecule has 8 nitrogen and oxygen atoms in total. The van der Waals surface area contributed by atoms with Gasteiger partial charge < -0.3 is 16.0 Å². The van der Waals surface area contributed by atoms with E-state index < -0.39 is 5.66 Å². The van der Waals surface area contributed by atoms with Crippen molar-refractivity contribution in [2.45, 2.75) is 51.5 Å². The topological polar surface area (TPSA) is 107 Å². The van der Waals surface area contributed by atoms with Gasteiger partial charge in [0.15, 0.2) is 5.66 Å². The number of para-hydroxylation sites is 1. The van der Waals surface area contributed by atoms with Gasteiger partial charge in [-0.3, -0.25) is 25.2 Å². The zero-order valence-electron chi connectivity index (χ0n) is 21.7. The largest absolute Gasteiger partial charge is 0.379 e. The highest BCUT2D eigenvalue weighted by molar-refractivity contribution is 7.13. The minimum Gasteiger partial charge on any atom is -0.379 e. The van der Waals surface area contributed by atoms with Crippen molar-refractivity contribution in [2.24, 2.45) is 0 Å². The first-order chi connectivity index (χ1) is 18.2. The van der Waals surface area contributed by atoms with Crippen molar-refractivity contribution in [3.05, 3.63) is 81.7 Å². The van der Waals surface area contributed by atoms with E-state index in [9.17, 15) is 9.59 Å². The number of amides is 2. The Labute approximate surface area is 225 Å². The van der Waals surface area contributed by atoms with Gasteiger partial charge in [0.2, 0.25) is 0 Å². The van der Waals surface area contributed by atoms with Crippen LogP contribution in [0.5, 0.6) is 0 Å². The van der Waals surface area contributed by atoms with Crippen LogP contribution in [-0.4, -0.2) is 28.4 Å². The van der Waals surface area contributed by atoms with Crippen LogP contribution in [0.4, 0.5) is 17.1 Å². The highest BCUT2D eigenvalue weighted by atomic mass is 32.1. The van der Waals surface area contributed by atoms with Gasteiger partial charge >= 0.3 is 0 Å². The van der Waals surface area contributed by atoms with Gasteiger partial charge in [-0.2, -0.15) is 0 Å². The minimum atomic E-state index is -1.03. The van der Waals surface area contributed by atoms with Gasteiger partial charge in [0.1, 0.15) is 4.88 Å². The third-order valence-corrected chi connectivity index (χ3v) is 8.77. The van der Waals surface area contributed by atoms with Crippen LogP contribution in [0.15, 0.2) is 60.1 Å². The molecule has 0 radical (unpaired) electrons. The van der Waals surface area contributed by atoms with Gasteiger partial charge in [-0.25, -0.2) is 0 Å². The van der Waals surface area contributed by atoms with Crippen molar-refractivity contribution in [3.63, 3.8) is 0 Å². The van der Waals surface area contributed by atoms with Crippen molar-refractivity contribution < 1.29 is 9.59 Å². The second-order valence-corrected chi connectivity index (χ2v) is 11.5. The van der Waals surface area contributed by atoms with Crippen LogP contribution >= 0.6 is 11.3 Å². The van der Waals surface area contributed by atoms with Crippen molar-refractivity contribution in [1.29, 1.82) is 0 Å². The molecule has 0 bridgehead atoms. The zero-order valence-corrected chi connectivity index (χ0v) is 22.5. The number of nitrogens with zero attached hydrogens (tertiary/aromatic N) is 1. The fraction of sp³-hybridized carbons (Fsp3) is 0.276. The third-order valence-electron chi connectivity index (χ3n) is 7.67. The lowest BCUT2D eigenvalue weighted by molar-refractivity contribution is -0.122. The van der Waals surface area contributed by atoms with E-state index in [0.717, 1.165) is 39.0 Å². The van der Waals surface area contributed by atoms with E-state index in [1.165, 1.54) is 11.3 Å². The molecule has 2 aromatic heterocycles. The number of fused-ring (bicyclic) bond motifs is 3. The van der Waals surface area contributed by atoms with Crippen molar-refractivity contribution in [1.82, 2.24) is 15.6 Å². The second-order valence-electron chi connectivity index (χ2n) is 10.6. The van der Waals surface area contributed by atoms with Crippen LogP contribution in [-0.2, 0) is 17.0 Å². The maximum Gasteiger partial charge on any atom is 0.267 e. The van der Waals surface area contributed by atoms with Gasteiger partial charge in [0.05, 0.1) is 11.2 Å². The number of pyridine rings is 1. The third kappa shape index (κ3) is 3.94. The molecule has 1 spiro atoms. The first-order valence-corrected chi connectivity index (χ1v) is 13.5. The molecule has 1 unspecified atom stereocenters. The van der Waals surface area contributed by atoms with Crippen LogP contribution in [0.1, 0.15) is 47.1 Å². The van der Waals surface area contributed by atoms with Gasteiger partial charge in [0, 0.05) is 46.6 Å². The molecule has 5 N–H and O–H groups in total. The normalized spacial score (nSPS) is 21.5. The number of aromatic nitrogens is 1. The quantitative estimate of drug-likeness (QED) is 0.252. The Balaban J connectivity index is 1.24. The monoisotopic (exact) mass is 526 g/mol. The molecule has 1 saturated heterocycles. The molecule has 4 aromatic rings. The molecule has 194 valence electrons. The highest BCUT2D eigenvalue weighted by Crippen LogP contribution is 2.41. The van der Waals surface area contributed by atoms with Gasteiger partial charge in [0.25, 0.3) is 11.8 Å². The second kappa shape index (κ2) is 8.90. The zero-order chi connectivity index (χ0) is 26.7. The van der Waals surface area contributed by atoms with E-state index >= 15 is 0 Å². The fourth-order valence-corrected chi connectivity index (χ4v) is 6.21. The summed E-state index contributed by atoms with van der Waals surface area (Å²) in [6.07, 6.45) is 1.81. The molecule has 38 heavy (non-hydrogen) atoms. The molecule has 4 heterocycles. The van der Waals surface area contributed by atoms with E-state index in [4.69, 9.17) is 0 Å². The van der Waals surface area contributed by atoms with Crippen LogP contribution in [0.3, 0.4) is 0 Å². The first kappa shape index (κ1) is 24.5. The molecular formula is C29H30N6O2S. The summed E-state index contributed by atoms with van der Waals surface area (Å²) in [5, 5.41) is 19.5. The number of carbonyl (C=O) groups is 2. The lowest BCUT2D eigenvalue weighted by Gasteiger charge is -2.26. The molecule has 2 aliphatic heterocycles. The van der Waals surface area contributed by atoms with E-state index in [0.29, 0.717) is 17.1 Å². The highest BCUT2D eigenvalue weighted by Gasteiger charge is 2.56. The molecular weight excluding hydrogens is 496 g/mol. The Kier molecular flexibility index (Phi) is 5.75. The number of hydrogen-bond donors (Lipinski definition) is 5. The van der Waals surface area contributed by atoms with E-state index in [2.05, 4.69) is 58.4 Å². The van der Waals surface area contributed by atoms with Crippen LogP contribution in [0.2, 0.25) is 0 Å². The summed E-state index contributed by atoms with van der Waals surface area (Å²) in [6, 6.07) is 15.6. The van der Waals surface area contributed by atoms with Gasteiger partial charge in [-0.1, -0.05) is 18.2 Å². The average Bonchev–Trinajstić information content (AvgIpc) is 3.48. The average molecular weight is 527 g/mol. The lowest BCUT2D eigenvalue weighted by Crippen LogP contribution is -2.54. The SMILES string of the molecule is Cc1csc(C(=O)Nc2ccc3c(c2)C2(N[C@H](C)C(C)(C)N2)C(=O)N3)c1NCc1ccnc2ccccc12. The maximum absolute atomic E-state index is 13.4. The van der Waals surface area contributed by atoms with Crippen LogP contribution < -0.4 is 26.6 Å². The Bertz CT molecular complexity index is 1590. The Morgan fingerprint density at radius 3 is 2.76 bits per heavy atom. The fourth-order valence-electron chi connectivity index (χ4n) is 5.29. The maximum atomic E-state index is 13.4. The number of anilines is 3. The summed E-state index contributed by atoms with van der Waals surface area (Å²) in [6.45, 7) is 8.76. The summed E-state index contributed by atoms with van der Waals surface area (Å²) in [5.41, 5.74) is 4.71. The molecule has 2 aliphatic rings. The van der Waals surface area contributed by atoms with Crippen LogP contribution in [0.25, 0.3) is 10.9 Å². The predicted octanol–water partition coefficient (Wildman–Crippen LogP) is 4.93. The standard InChI is InChI=1S/C29H30N6O2S/c1-16-15-38-25(24(16)31-14-18-11-12-30-22-8-6-5-7-20(18)22)26(36)32-19-9-10-23-21(13-19)29(27(37)33-23)34-17(2)28(3,4)35-29/h5-13,15,17,31,34-35H,14H2,1-4H3,(H,32,36)(H,33,37)/t17-,29?/m1/s1. The Morgan fingerprint density at radius 1 is 1.16 bits per heavy atom. The summed E-state index contributed by atoms with van der Waals surface area (Å²) in [7, 11) is 0. The summed E-state index contributed by atoms with van der Waals surface area (Å²) < 4.78 is 0. The molecule has 0 saturated carbocycles. The van der Waals surface area contributed by atoms with Crippen LogP contribution in [0, 0.1) is 6.92 Å². The molecule has 2 atom stereocenters. The molecule has 1 fully saturated rings. The summed E-state index contributed by atoms with van der Waals surface area (Å²) >= 11 is 1.41. The van der Waals surface area contributed by atoms with Gasteiger partial charge in [-0.15, -0.1) is 11.3 Å². The number of thiophene rings is 1. The Hall–Kier alpha value is -3.79. The number of carbonyl (C=O) groups excluding carboxylic acids is 2. The smallest absolute Gasteiger partial charge is 0.267 e. The summed E-state index contributed by atoms with van der Waals surface area (Å²) in [5.74, 6) is -0.338. The van der Waals surface area contributed by atoms with Crippen molar-refractivity contribution >= 4 is 51.1 Å². The predicted molar refractivity (Wildman–Crippen MR) is 153 cm³/mol. The molecule has 2 amide bonds. The minimum absolute atomic E-state index is 0.0673. The number of aryl methyl sites for hydroxylation is 1. The number of hydrogen-bond acceptors (Lipinski definition) is 7. The number of nitrogens with one attached hydrogen (secondary N) is 5. The lowest BCUT2D eigenvalue weighted by atomic mass is 9.98. The van der Waals surface area contributed by atoms with Crippen molar-refractivity contribution in [2.75, 3.05) is 16.0 Å². The molecule has 6 rings (SSSR count). The number of rotatable bonds is 5. The first-order valence-electron chi connectivity index (χ1n) is 12.7.